The molecular formula is C18H20BrClS. The Hall–Kier alpha value is -0.310. The van der Waals surface area contributed by atoms with E-state index in [4.69, 9.17) is 11.6 Å². The molecule has 1 atom stereocenters. The van der Waals surface area contributed by atoms with Crippen LogP contribution in [-0.4, -0.2) is 0 Å². The summed E-state index contributed by atoms with van der Waals surface area (Å²) in [6.07, 6.45) is 6.54. The lowest BCUT2D eigenvalue weighted by atomic mass is 10.0. The third-order valence-corrected chi connectivity index (χ3v) is 7.32. The van der Waals surface area contributed by atoms with Crippen LogP contribution in [-0.2, 0) is 12.8 Å². The van der Waals surface area contributed by atoms with Gasteiger partial charge in [-0.3, -0.25) is 0 Å². The lowest BCUT2D eigenvalue weighted by Gasteiger charge is -2.13. The monoisotopic (exact) mass is 382 g/mol. The number of hydrogen-bond donors (Lipinski definition) is 0. The minimum absolute atomic E-state index is 0.209. The number of halogens is 2. The van der Waals surface area contributed by atoms with Crippen LogP contribution >= 0.6 is 38.9 Å². The van der Waals surface area contributed by atoms with Crippen LogP contribution in [0.1, 0.15) is 56.1 Å². The molecule has 21 heavy (non-hydrogen) atoms. The summed E-state index contributed by atoms with van der Waals surface area (Å²) in [5, 5.41) is 0.864. The Bertz CT molecular complexity index is 636. The molecule has 1 aliphatic rings. The molecular weight excluding hydrogens is 364 g/mol. The predicted molar refractivity (Wildman–Crippen MR) is 97.3 cm³/mol. The summed E-state index contributed by atoms with van der Waals surface area (Å²) in [4.78, 5) is 3.19. The van der Waals surface area contributed by atoms with Gasteiger partial charge in [0.05, 0.1) is 4.83 Å². The van der Waals surface area contributed by atoms with Crippen molar-refractivity contribution in [1.29, 1.82) is 0 Å². The molecule has 0 aliphatic heterocycles. The third-order valence-electron chi connectivity index (χ3n) is 4.40. The van der Waals surface area contributed by atoms with Crippen LogP contribution in [0.25, 0.3) is 0 Å². The molecule has 1 aliphatic carbocycles. The average Bonchev–Trinajstić information content (AvgIpc) is 2.73. The normalized spacial score (nSPS) is 16.4. The van der Waals surface area contributed by atoms with Crippen molar-refractivity contribution in [2.45, 2.75) is 50.8 Å². The van der Waals surface area contributed by atoms with E-state index in [1.807, 2.05) is 11.3 Å². The number of benzene rings is 1. The largest absolute Gasteiger partial charge is 0.144 e. The minimum atomic E-state index is 0.209. The van der Waals surface area contributed by atoms with Gasteiger partial charge in [0, 0.05) is 14.8 Å². The number of rotatable bonds is 2. The minimum Gasteiger partial charge on any atom is -0.144 e. The molecule has 1 aromatic carbocycles. The Labute approximate surface area is 144 Å². The molecule has 0 radical (unpaired) electrons. The molecule has 2 aromatic rings. The lowest BCUT2D eigenvalue weighted by molar-refractivity contribution is 0.712. The van der Waals surface area contributed by atoms with Gasteiger partial charge in [0.1, 0.15) is 0 Å². The standard InChI is InChI=1S/C18H20BrClS/c1-11-8-14(15(20)9-12(11)2)18(19)17-10-13-6-4-3-5-7-16(13)21-17/h8-10,18H,3-7H2,1-2H3. The van der Waals surface area contributed by atoms with Gasteiger partial charge in [-0.2, -0.15) is 0 Å². The van der Waals surface area contributed by atoms with E-state index in [-0.39, 0.29) is 4.83 Å². The second kappa shape index (κ2) is 6.44. The number of hydrogen-bond acceptors (Lipinski definition) is 1. The van der Waals surface area contributed by atoms with Crippen LogP contribution in [0.15, 0.2) is 18.2 Å². The highest BCUT2D eigenvalue weighted by Gasteiger charge is 2.20. The van der Waals surface area contributed by atoms with Crippen LogP contribution in [0.5, 0.6) is 0 Å². The first-order valence-corrected chi connectivity index (χ1v) is 9.69. The first-order chi connectivity index (χ1) is 10.1. The molecule has 0 bridgehead atoms. The Morgan fingerprint density at radius 1 is 1.05 bits per heavy atom. The van der Waals surface area contributed by atoms with E-state index >= 15 is 0 Å². The third kappa shape index (κ3) is 3.23. The quantitative estimate of drug-likeness (QED) is 0.396. The van der Waals surface area contributed by atoms with Gasteiger partial charge in [-0.15, -0.1) is 11.3 Å². The topological polar surface area (TPSA) is 0 Å². The summed E-state index contributed by atoms with van der Waals surface area (Å²) in [5.41, 5.74) is 5.32. The second-order valence-corrected chi connectivity index (χ2v) is 8.47. The number of alkyl halides is 1. The Balaban J connectivity index is 1.95. The van der Waals surface area contributed by atoms with Crippen LogP contribution in [0, 0.1) is 13.8 Å². The van der Waals surface area contributed by atoms with Crippen molar-refractivity contribution >= 4 is 38.9 Å². The highest BCUT2D eigenvalue weighted by atomic mass is 79.9. The van der Waals surface area contributed by atoms with Crippen molar-refractivity contribution in [3.63, 3.8) is 0 Å². The molecule has 1 aromatic heterocycles. The van der Waals surface area contributed by atoms with Crippen LogP contribution in [0.3, 0.4) is 0 Å². The summed E-state index contributed by atoms with van der Waals surface area (Å²) < 4.78 is 0. The van der Waals surface area contributed by atoms with E-state index in [2.05, 4.69) is 48.0 Å². The van der Waals surface area contributed by atoms with Crippen LogP contribution < -0.4 is 0 Å². The highest BCUT2D eigenvalue weighted by molar-refractivity contribution is 9.09. The van der Waals surface area contributed by atoms with Gasteiger partial charge in [-0.05, 0) is 73.9 Å². The van der Waals surface area contributed by atoms with Gasteiger partial charge in [0.25, 0.3) is 0 Å². The summed E-state index contributed by atoms with van der Waals surface area (Å²) in [7, 11) is 0. The maximum absolute atomic E-state index is 6.47. The molecule has 0 spiro atoms. The number of fused-ring (bicyclic) bond motifs is 1. The van der Waals surface area contributed by atoms with Gasteiger partial charge < -0.3 is 0 Å². The van der Waals surface area contributed by atoms with Crippen LogP contribution in [0.2, 0.25) is 5.02 Å². The van der Waals surface area contributed by atoms with E-state index in [0.29, 0.717) is 0 Å². The highest BCUT2D eigenvalue weighted by Crippen LogP contribution is 2.42. The lowest BCUT2D eigenvalue weighted by Crippen LogP contribution is -1.94. The maximum Gasteiger partial charge on any atom is 0.0752 e. The van der Waals surface area contributed by atoms with E-state index in [1.54, 1.807) is 10.4 Å². The van der Waals surface area contributed by atoms with Gasteiger partial charge in [0.15, 0.2) is 0 Å². The molecule has 0 amide bonds. The fourth-order valence-electron chi connectivity index (χ4n) is 2.97. The summed E-state index contributed by atoms with van der Waals surface area (Å²) in [6.45, 7) is 4.26. The number of aryl methyl sites for hydroxylation is 4. The van der Waals surface area contributed by atoms with Crippen molar-refractivity contribution < 1.29 is 0 Å². The zero-order valence-corrected chi connectivity index (χ0v) is 15.7. The molecule has 0 N–H and O–H groups in total. The SMILES string of the molecule is Cc1cc(Cl)c(C(Br)c2cc3c(s2)CCCCC3)cc1C. The molecule has 1 unspecified atom stereocenters. The van der Waals surface area contributed by atoms with Gasteiger partial charge in [-0.1, -0.05) is 40.0 Å². The van der Waals surface area contributed by atoms with Crippen molar-refractivity contribution in [1.82, 2.24) is 0 Å². The fraction of sp³-hybridized carbons (Fsp3) is 0.444. The van der Waals surface area contributed by atoms with E-state index < -0.39 is 0 Å². The summed E-state index contributed by atoms with van der Waals surface area (Å²) in [5.74, 6) is 0. The number of thiophene rings is 1. The fourth-order valence-corrected chi connectivity index (χ4v) is 5.47. The van der Waals surface area contributed by atoms with E-state index in [1.165, 1.54) is 53.7 Å². The first kappa shape index (κ1) is 15.6. The van der Waals surface area contributed by atoms with Crippen molar-refractivity contribution in [3.8, 4) is 0 Å². The van der Waals surface area contributed by atoms with Gasteiger partial charge in [-0.25, -0.2) is 0 Å². The summed E-state index contributed by atoms with van der Waals surface area (Å²) in [6, 6.07) is 6.71. The van der Waals surface area contributed by atoms with Crippen LogP contribution in [0.4, 0.5) is 0 Å². The molecule has 0 fully saturated rings. The van der Waals surface area contributed by atoms with Gasteiger partial charge >= 0.3 is 0 Å². The first-order valence-electron chi connectivity index (χ1n) is 7.58. The Kier molecular flexibility index (Phi) is 4.78. The average molecular weight is 384 g/mol. The predicted octanol–water partition coefficient (Wildman–Crippen LogP) is 6.77. The van der Waals surface area contributed by atoms with Crippen molar-refractivity contribution in [2.24, 2.45) is 0 Å². The Morgan fingerprint density at radius 2 is 1.76 bits per heavy atom. The molecule has 3 rings (SSSR count). The zero-order valence-electron chi connectivity index (χ0n) is 12.5. The van der Waals surface area contributed by atoms with E-state index in [9.17, 15) is 0 Å². The molecule has 0 saturated heterocycles. The van der Waals surface area contributed by atoms with Crippen molar-refractivity contribution in [3.05, 3.63) is 55.2 Å². The molecule has 3 heteroatoms. The maximum atomic E-state index is 6.47. The molecule has 0 saturated carbocycles. The molecule has 0 nitrogen and oxygen atoms in total. The van der Waals surface area contributed by atoms with E-state index in [0.717, 1.165) is 5.02 Å². The zero-order chi connectivity index (χ0) is 15.0. The molecule has 1 heterocycles. The smallest absolute Gasteiger partial charge is 0.0752 e. The second-order valence-electron chi connectivity index (χ2n) is 5.98. The summed E-state index contributed by atoms with van der Waals surface area (Å²) >= 11 is 12.3. The van der Waals surface area contributed by atoms with Crippen molar-refractivity contribution in [2.75, 3.05) is 0 Å². The van der Waals surface area contributed by atoms with Gasteiger partial charge in [0.2, 0.25) is 0 Å². The molecule has 112 valence electrons. The Morgan fingerprint density at radius 3 is 2.57 bits per heavy atom.